The Kier molecular flexibility index (Phi) is 5.66. The van der Waals surface area contributed by atoms with E-state index in [2.05, 4.69) is 5.32 Å². The van der Waals surface area contributed by atoms with Gasteiger partial charge in [-0.2, -0.15) is 0 Å². The van der Waals surface area contributed by atoms with Gasteiger partial charge in [-0.15, -0.1) is 0 Å². The van der Waals surface area contributed by atoms with Crippen LogP contribution in [0.2, 0.25) is 5.02 Å². The number of aliphatic carboxylic acids is 1. The van der Waals surface area contributed by atoms with Crippen molar-refractivity contribution in [2.45, 2.75) is 44.8 Å². The van der Waals surface area contributed by atoms with E-state index in [0.717, 1.165) is 0 Å². The molecule has 0 heterocycles. The maximum Gasteiger partial charge on any atom is 0.306 e. The second kappa shape index (κ2) is 7.49. The second-order valence-electron chi connectivity index (χ2n) is 5.50. The van der Waals surface area contributed by atoms with Gasteiger partial charge in [0.2, 0.25) is 0 Å². The second-order valence-corrected chi connectivity index (χ2v) is 5.91. The molecule has 0 saturated heterocycles. The summed E-state index contributed by atoms with van der Waals surface area (Å²) in [4.78, 5) is 23.2. The zero-order valence-electron chi connectivity index (χ0n) is 12.4. The molecule has 1 aromatic carbocycles. The molecule has 1 amide bonds. The minimum Gasteiger partial charge on any atom is -0.481 e. The number of hydrogen-bond donors (Lipinski definition) is 2. The normalized spacial score (nSPS) is 22.1. The van der Waals surface area contributed by atoms with E-state index >= 15 is 0 Å². The number of benzene rings is 1. The van der Waals surface area contributed by atoms with Gasteiger partial charge in [0, 0.05) is 6.04 Å². The van der Waals surface area contributed by atoms with Crippen LogP contribution in [0.25, 0.3) is 0 Å². The van der Waals surface area contributed by atoms with E-state index in [1.807, 2.05) is 6.92 Å². The largest absolute Gasteiger partial charge is 0.481 e. The number of amides is 1. The van der Waals surface area contributed by atoms with Crippen molar-refractivity contribution in [2.24, 2.45) is 5.92 Å². The number of halogens is 1. The van der Waals surface area contributed by atoms with Crippen molar-refractivity contribution in [3.05, 3.63) is 29.3 Å². The van der Waals surface area contributed by atoms with E-state index in [9.17, 15) is 9.59 Å². The van der Waals surface area contributed by atoms with Gasteiger partial charge in [-0.25, -0.2) is 0 Å². The third-order valence-electron chi connectivity index (χ3n) is 3.90. The molecule has 5 nitrogen and oxygen atoms in total. The van der Waals surface area contributed by atoms with Crippen molar-refractivity contribution < 1.29 is 19.4 Å². The standard InChI is InChI=1S/C16H20ClNO4/c1-2-13(22-14-6-4-3-5-12(14)17)15(19)18-11-8-7-10(9-11)16(20)21/h3-6,10-11,13H,2,7-9H2,1H3,(H,18,19)(H,20,21)/t10-,11+,13?/m0/s1. The molecule has 0 radical (unpaired) electrons. The van der Waals surface area contributed by atoms with Crippen LogP contribution >= 0.6 is 11.6 Å². The maximum atomic E-state index is 12.3. The van der Waals surface area contributed by atoms with Gasteiger partial charge < -0.3 is 15.2 Å². The van der Waals surface area contributed by atoms with Crippen molar-refractivity contribution in [2.75, 3.05) is 0 Å². The summed E-state index contributed by atoms with van der Waals surface area (Å²) in [5, 5.41) is 12.3. The Bertz CT molecular complexity index is 549. The summed E-state index contributed by atoms with van der Waals surface area (Å²) in [5.41, 5.74) is 0. The Hall–Kier alpha value is -1.75. The Morgan fingerprint density at radius 1 is 1.41 bits per heavy atom. The molecule has 1 saturated carbocycles. The molecule has 1 unspecified atom stereocenters. The minimum absolute atomic E-state index is 0.0995. The van der Waals surface area contributed by atoms with Crippen molar-refractivity contribution >= 4 is 23.5 Å². The molecule has 1 aliphatic carbocycles. The fourth-order valence-corrected chi connectivity index (χ4v) is 2.83. The number of carbonyl (C=O) groups is 2. The van der Waals surface area contributed by atoms with E-state index in [-0.39, 0.29) is 17.9 Å². The van der Waals surface area contributed by atoms with Crippen LogP contribution in [0.4, 0.5) is 0 Å². The molecule has 1 aliphatic rings. The zero-order valence-corrected chi connectivity index (χ0v) is 13.2. The van der Waals surface area contributed by atoms with Crippen molar-refractivity contribution in [1.82, 2.24) is 5.32 Å². The quantitative estimate of drug-likeness (QED) is 0.843. The molecule has 0 bridgehead atoms. The molecule has 2 N–H and O–H groups in total. The van der Waals surface area contributed by atoms with Gasteiger partial charge in [-0.1, -0.05) is 30.7 Å². The lowest BCUT2D eigenvalue weighted by Crippen LogP contribution is -2.42. The predicted molar refractivity (Wildman–Crippen MR) is 83.1 cm³/mol. The number of hydrogen-bond acceptors (Lipinski definition) is 3. The van der Waals surface area contributed by atoms with Gasteiger partial charge in [0.05, 0.1) is 10.9 Å². The van der Waals surface area contributed by atoms with Crippen LogP contribution in [0, 0.1) is 5.92 Å². The Labute approximate surface area is 134 Å². The molecule has 120 valence electrons. The van der Waals surface area contributed by atoms with Crippen LogP contribution in [0.1, 0.15) is 32.6 Å². The summed E-state index contributed by atoms with van der Waals surface area (Å²) in [5.74, 6) is -0.912. The lowest BCUT2D eigenvalue weighted by atomic mass is 10.1. The molecule has 22 heavy (non-hydrogen) atoms. The van der Waals surface area contributed by atoms with E-state index in [1.54, 1.807) is 24.3 Å². The molecule has 1 aromatic rings. The predicted octanol–water partition coefficient (Wildman–Crippen LogP) is 2.87. The number of carboxylic acid groups (broad SMARTS) is 1. The van der Waals surface area contributed by atoms with Crippen molar-refractivity contribution in [3.8, 4) is 5.75 Å². The number of ether oxygens (including phenoxy) is 1. The van der Waals surface area contributed by atoms with Gasteiger partial charge in [0.1, 0.15) is 5.75 Å². The van der Waals surface area contributed by atoms with Crippen molar-refractivity contribution in [1.29, 1.82) is 0 Å². The first kappa shape index (κ1) is 16.6. The van der Waals surface area contributed by atoms with Gasteiger partial charge in [-0.05, 0) is 37.8 Å². The monoisotopic (exact) mass is 325 g/mol. The number of para-hydroxylation sites is 1. The minimum atomic E-state index is -0.795. The molecule has 3 atom stereocenters. The maximum absolute atomic E-state index is 12.3. The third kappa shape index (κ3) is 4.13. The summed E-state index contributed by atoms with van der Waals surface area (Å²) in [6.45, 7) is 1.86. The van der Waals surface area contributed by atoms with E-state index in [1.165, 1.54) is 0 Å². The van der Waals surface area contributed by atoms with Gasteiger partial charge in [0.15, 0.2) is 6.10 Å². The number of carboxylic acids is 1. The lowest BCUT2D eigenvalue weighted by molar-refractivity contribution is -0.141. The van der Waals surface area contributed by atoms with Gasteiger partial charge >= 0.3 is 5.97 Å². The average molecular weight is 326 g/mol. The van der Waals surface area contributed by atoms with Crippen LogP contribution in [-0.2, 0) is 9.59 Å². The van der Waals surface area contributed by atoms with Crippen LogP contribution in [0.3, 0.4) is 0 Å². The SMILES string of the molecule is CCC(Oc1ccccc1Cl)C(=O)N[C@@H]1CC[C@H](C(=O)O)C1. The summed E-state index contributed by atoms with van der Waals surface area (Å²) in [6.07, 6.45) is 1.63. The zero-order chi connectivity index (χ0) is 16.1. The molecule has 0 spiro atoms. The fourth-order valence-electron chi connectivity index (χ4n) is 2.65. The third-order valence-corrected chi connectivity index (χ3v) is 4.21. The first-order valence-electron chi connectivity index (χ1n) is 7.45. The van der Waals surface area contributed by atoms with E-state index < -0.39 is 12.1 Å². The first-order valence-corrected chi connectivity index (χ1v) is 7.83. The van der Waals surface area contributed by atoms with Crippen LogP contribution in [-0.4, -0.2) is 29.1 Å². The van der Waals surface area contributed by atoms with E-state index in [0.29, 0.717) is 36.5 Å². The Morgan fingerprint density at radius 2 is 2.14 bits per heavy atom. The van der Waals surface area contributed by atoms with Crippen LogP contribution in [0.15, 0.2) is 24.3 Å². The van der Waals surface area contributed by atoms with Crippen molar-refractivity contribution in [3.63, 3.8) is 0 Å². The number of nitrogens with one attached hydrogen (secondary N) is 1. The molecule has 0 aliphatic heterocycles. The Balaban J connectivity index is 1.92. The molecule has 1 fully saturated rings. The number of carbonyl (C=O) groups excluding carboxylic acids is 1. The molecule has 0 aromatic heterocycles. The summed E-state index contributed by atoms with van der Waals surface area (Å²) in [7, 11) is 0. The Morgan fingerprint density at radius 3 is 2.73 bits per heavy atom. The highest BCUT2D eigenvalue weighted by Gasteiger charge is 2.32. The van der Waals surface area contributed by atoms with Gasteiger partial charge in [0.25, 0.3) is 5.91 Å². The lowest BCUT2D eigenvalue weighted by Gasteiger charge is -2.20. The fraction of sp³-hybridized carbons (Fsp3) is 0.500. The summed E-state index contributed by atoms with van der Waals surface area (Å²) >= 11 is 6.03. The molecular formula is C16H20ClNO4. The summed E-state index contributed by atoms with van der Waals surface area (Å²) in [6, 6.07) is 6.91. The highest BCUT2D eigenvalue weighted by atomic mass is 35.5. The van der Waals surface area contributed by atoms with Gasteiger partial charge in [-0.3, -0.25) is 9.59 Å². The highest BCUT2D eigenvalue weighted by molar-refractivity contribution is 6.32. The summed E-state index contributed by atoms with van der Waals surface area (Å²) < 4.78 is 5.68. The van der Waals surface area contributed by atoms with E-state index in [4.69, 9.17) is 21.4 Å². The smallest absolute Gasteiger partial charge is 0.306 e. The first-order chi connectivity index (χ1) is 10.5. The number of rotatable bonds is 6. The molecule has 6 heteroatoms. The topological polar surface area (TPSA) is 75.6 Å². The highest BCUT2D eigenvalue weighted by Crippen LogP contribution is 2.27. The van der Waals surface area contributed by atoms with Crippen LogP contribution < -0.4 is 10.1 Å². The average Bonchev–Trinajstić information content (AvgIpc) is 2.95. The molecular weight excluding hydrogens is 306 g/mol. The molecule has 2 rings (SSSR count). The van der Waals surface area contributed by atoms with Crippen LogP contribution in [0.5, 0.6) is 5.75 Å².